The molecule has 0 aliphatic heterocycles. The molecule has 4 heteroatoms. The van der Waals surface area contributed by atoms with Crippen molar-refractivity contribution in [3.8, 4) is 0 Å². The van der Waals surface area contributed by atoms with E-state index in [2.05, 4.69) is 15.9 Å². The maximum absolute atomic E-state index is 12.8. The van der Waals surface area contributed by atoms with E-state index in [0.717, 1.165) is 11.8 Å². The zero-order valence-electron chi connectivity index (χ0n) is 8.90. The van der Waals surface area contributed by atoms with Gasteiger partial charge in [-0.2, -0.15) is 0 Å². The van der Waals surface area contributed by atoms with Crippen molar-refractivity contribution in [1.29, 1.82) is 5.41 Å². The number of alkyl halides is 2. The molecule has 1 aromatic rings. The van der Waals surface area contributed by atoms with Gasteiger partial charge in [-0.1, -0.05) is 46.3 Å². The Morgan fingerprint density at radius 2 is 2.06 bits per heavy atom. The number of rotatable bonds is 7. The first kappa shape index (κ1) is 13.3. The molecular weight excluding hydrogens is 273 g/mol. The lowest BCUT2D eigenvalue weighted by molar-refractivity contribution is 0.119. The van der Waals surface area contributed by atoms with Crippen molar-refractivity contribution in [1.82, 2.24) is 0 Å². The van der Waals surface area contributed by atoms with Crippen LogP contribution in [-0.2, 0) is 11.3 Å². The minimum atomic E-state index is -1.19. The number of ether oxygens (including phenoxy) is 1. The summed E-state index contributed by atoms with van der Waals surface area (Å²) in [5.41, 5.74) is 1.10. The van der Waals surface area contributed by atoms with E-state index in [0.29, 0.717) is 13.2 Å². The van der Waals surface area contributed by atoms with Gasteiger partial charge >= 0.3 is 0 Å². The lowest BCUT2D eigenvalue weighted by atomic mass is 10.2. The highest BCUT2D eigenvalue weighted by Crippen LogP contribution is 2.11. The number of halogens is 2. The molecular formula is C12H15BrFNO. The molecule has 0 aromatic heterocycles. The zero-order valence-corrected chi connectivity index (χ0v) is 10.5. The second kappa shape index (κ2) is 7.52. The summed E-state index contributed by atoms with van der Waals surface area (Å²) in [6.45, 7) is 0.980. The smallest absolute Gasteiger partial charge is 0.136 e. The number of hydrogen-bond donors (Lipinski definition) is 1. The fourth-order valence-corrected chi connectivity index (χ4v) is 1.80. The van der Waals surface area contributed by atoms with Crippen LogP contribution in [0.25, 0.3) is 0 Å². The van der Waals surface area contributed by atoms with Gasteiger partial charge in [0.1, 0.15) is 6.17 Å². The molecule has 0 fully saturated rings. The molecule has 0 bridgehead atoms. The molecule has 0 saturated carbocycles. The molecule has 0 spiro atoms. The highest BCUT2D eigenvalue weighted by atomic mass is 79.9. The van der Waals surface area contributed by atoms with E-state index in [1.807, 2.05) is 30.3 Å². The number of hydrogen-bond acceptors (Lipinski definition) is 2. The van der Waals surface area contributed by atoms with Crippen LogP contribution in [0.15, 0.2) is 30.3 Å². The Kier molecular flexibility index (Phi) is 6.26. The van der Waals surface area contributed by atoms with Gasteiger partial charge in [-0.3, -0.25) is 0 Å². The van der Waals surface area contributed by atoms with Gasteiger partial charge in [0.25, 0.3) is 0 Å². The van der Waals surface area contributed by atoms with Crippen LogP contribution in [0.5, 0.6) is 0 Å². The van der Waals surface area contributed by atoms with Crippen LogP contribution in [0.2, 0.25) is 0 Å². The highest BCUT2D eigenvalue weighted by molar-refractivity contribution is 9.09. The molecule has 0 amide bonds. The fraction of sp³-hybridized carbons (Fsp3) is 0.417. The summed E-state index contributed by atoms with van der Waals surface area (Å²) in [4.78, 5) is -0.0483. The molecule has 1 N–H and O–H groups in total. The predicted octanol–water partition coefficient (Wildman–Crippen LogP) is 3.34. The molecule has 0 aliphatic carbocycles. The van der Waals surface area contributed by atoms with Crippen molar-refractivity contribution in [3.63, 3.8) is 0 Å². The Bertz CT molecular complexity index is 307. The normalized spacial score (nSPS) is 14.4. The summed E-state index contributed by atoms with van der Waals surface area (Å²) in [7, 11) is 0. The molecule has 88 valence electrons. The van der Waals surface area contributed by atoms with Crippen LogP contribution >= 0.6 is 15.9 Å². The summed E-state index contributed by atoms with van der Waals surface area (Å²) in [6.07, 6.45) is -0.103. The van der Waals surface area contributed by atoms with Gasteiger partial charge in [0.05, 0.1) is 13.2 Å². The topological polar surface area (TPSA) is 33.1 Å². The maximum Gasteiger partial charge on any atom is 0.136 e. The lowest BCUT2D eigenvalue weighted by Gasteiger charge is -2.11. The fourth-order valence-electron chi connectivity index (χ4n) is 1.26. The second-order valence-electron chi connectivity index (χ2n) is 3.52. The Balaban J connectivity index is 2.18. The van der Waals surface area contributed by atoms with Crippen molar-refractivity contribution >= 4 is 22.1 Å². The van der Waals surface area contributed by atoms with Crippen LogP contribution in [0.4, 0.5) is 4.39 Å². The third kappa shape index (κ3) is 5.37. The van der Waals surface area contributed by atoms with Crippen LogP contribution in [0.1, 0.15) is 12.0 Å². The van der Waals surface area contributed by atoms with Gasteiger partial charge in [0, 0.05) is 11.0 Å². The SMILES string of the molecule is N=C[C@@H](F)C[C@@H](Br)COCc1ccccc1. The molecule has 2 atom stereocenters. The van der Waals surface area contributed by atoms with Gasteiger partial charge in [-0.15, -0.1) is 0 Å². The summed E-state index contributed by atoms with van der Waals surface area (Å²) in [5, 5.41) is 6.75. The first-order valence-corrected chi connectivity index (χ1v) is 6.04. The van der Waals surface area contributed by atoms with Crippen LogP contribution in [-0.4, -0.2) is 23.8 Å². The third-order valence-electron chi connectivity index (χ3n) is 2.07. The quantitative estimate of drug-likeness (QED) is 0.606. The molecule has 0 unspecified atom stereocenters. The van der Waals surface area contributed by atoms with E-state index in [1.165, 1.54) is 0 Å². The largest absolute Gasteiger partial charge is 0.376 e. The molecule has 0 radical (unpaired) electrons. The van der Waals surface area contributed by atoms with E-state index in [9.17, 15) is 4.39 Å². The van der Waals surface area contributed by atoms with Crippen LogP contribution in [0.3, 0.4) is 0 Å². The van der Waals surface area contributed by atoms with Crippen LogP contribution in [0, 0.1) is 5.41 Å². The van der Waals surface area contributed by atoms with Crippen LogP contribution < -0.4 is 0 Å². The molecule has 0 heterocycles. The van der Waals surface area contributed by atoms with E-state index in [1.54, 1.807) is 0 Å². The molecule has 16 heavy (non-hydrogen) atoms. The Labute approximate surface area is 103 Å². The Hall–Kier alpha value is -0.740. The first-order chi connectivity index (χ1) is 7.72. The number of nitrogens with one attached hydrogen (secondary N) is 1. The van der Waals surface area contributed by atoms with Gasteiger partial charge in [0.15, 0.2) is 0 Å². The Morgan fingerprint density at radius 3 is 2.69 bits per heavy atom. The minimum absolute atomic E-state index is 0.0483. The van der Waals surface area contributed by atoms with E-state index in [-0.39, 0.29) is 11.2 Å². The zero-order chi connectivity index (χ0) is 11.8. The molecule has 1 rings (SSSR count). The van der Waals surface area contributed by atoms with Gasteiger partial charge < -0.3 is 10.1 Å². The monoisotopic (exact) mass is 287 g/mol. The molecule has 0 saturated heterocycles. The van der Waals surface area contributed by atoms with Crippen molar-refractivity contribution in [2.24, 2.45) is 0 Å². The van der Waals surface area contributed by atoms with Crippen molar-refractivity contribution in [3.05, 3.63) is 35.9 Å². The Morgan fingerprint density at radius 1 is 1.38 bits per heavy atom. The summed E-state index contributed by atoms with van der Waals surface area (Å²) >= 11 is 3.32. The predicted molar refractivity (Wildman–Crippen MR) is 67.1 cm³/mol. The maximum atomic E-state index is 12.8. The van der Waals surface area contributed by atoms with Gasteiger partial charge in [-0.25, -0.2) is 4.39 Å². The molecule has 2 nitrogen and oxygen atoms in total. The summed E-state index contributed by atoms with van der Waals surface area (Å²) in [5.74, 6) is 0. The third-order valence-corrected chi connectivity index (χ3v) is 2.71. The molecule has 1 aromatic carbocycles. The van der Waals surface area contributed by atoms with Gasteiger partial charge in [-0.05, 0) is 12.0 Å². The summed E-state index contributed by atoms with van der Waals surface area (Å²) in [6, 6.07) is 9.83. The number of benzene rings is 1. The van der Waals surface area contributed by atoms with Gasteiger partial charge in [0.2, 0.25) is 0 Å². The minimum Gasteiger partial charge on any atom is -0.376 e. The van der Waals surface area contributed by atoms with E-state index < -0.39 is 6.17 Å². The summed E-state index contributed by atoms with van der Waals surface area (Å²) < 4.78 is 18.2. The highest BCUT2D eigenvalue weighted by Gasteiger charge is 2.11. The molecule has 0 aliphatic rings. The van der Waals surface area contributed by atoms with E-state index in [4.69, 9.17) is 10.1 Å². The first-order valence-electron chi connectivity index (χ1n) is 5.12. The standard InChI is InChI=1S/C12H15BrFNO/c13-11(6-12(14)7-15)9-16-8-10-4-2-1-3-5-10/h1-5,7,11-12,15H,6,8-9H2/t11-,12+/m1/s1. The van der Waals surface area contributed by atoms with E-state index >= 15 is 0 Å². The lowest BCUT2D eigenvalue weighted by Crippen LogP contribution is -2.15. The average Bonchev–Trinajstić information content (AvgIpc) is 2.30. The van der Waals surface area contributed by atoms with Crippen molar-refractivity contribution < 1.29 is 9.13 Å². The second-order valence-corrected chi connectivity index (χ2v) is 4.81. The van der Waals surface area contributed by atoms with Crippen molar-refractivity contribution in [2.75, 3.05) is 6.61 Å². The van der Waals surface area contributed by atoms with Crippen molar-refractivity contribution in [2.45, 2.75) is 24.0 Å². The average molecular weight is 288 g/mol.